The van der Waals surface area contributed by atoms with Crippen LogP contribution in [0.25, 0.3) is 0 Å². The van der Waals surface area contributed by atoms with E-state index in [1.165, 1.54) is 36.5 Å². The van der Waals surface area contributed by atoms with Gasteiger partial charge in [0.25, 0.3) is 0 Å². The summed E-state index contributed by atoms with van der Waals surface area (Å²) in [4.78, 5) is 21.5. The Morgan fingerprint density at radius 3 is 2.56 bits per heavy atom. The zero-order valence-electron chi connectivity index (χ0n) is 16.1. The van der Waals surface area contributed by atoms with E-state index < -0.39 is 5.97 Å². The standard InChI is InChI=1S/C22H30O3/c1-17(8-6-9-18(2)16-21(24)25-15-14-23)11-12-20-19(3)10-7-13-22(20,4)5/h6,8-9,11-12,14,16H,7,10,13,15H2,1-5H3/b9-6+,12-11+,17-8+,18-16+. The molecule has 0 saturated heterocycles. The smallest absolute Gasteiger partial charge is 0.331 e. The van der Waals surface area contributed by atoms with Gasteiger partial charge >= 0.3 is 5.97 Å². The van der Waals surface area contributed by atoms with E-state index in [1.54, 1.807) is 0 Å². The number of hydrogen-bond donors (Lipinski definition) is 0. The van der Waals surface area contributed by atoms with Crippen molar-refractivity contribution < 1.29 is 14.3 Å². The highest BCUT2D eigenvalue weighted by Gasteiger charge is 2.26. The second-order valence-electron chi connectivity index (χ2n) is 7.22. The molecule has 0 heterocycles. The third-order valence-electron chi connectivity index (χ3n) is 4.41. The third kappa shape index (κ3) is 7.51. The molecule has 136 valence electrons. The summed E-state index contributed by atoms with van der Waals surface area (Å²) in [6.45, 7) is 10.5. The largest absolute Gasteiger partial charge is 0.455 e. The first-order valence-corrected chi connectivity index (χ1v) is 8.78. The van der Waals surface area contributed by atoms with Crippen LogP contribution in [-0.2, 0) is 14.3 Å². The molecule has 3 nitrogen and oxygen atoms in total. The zero-order chi connectivity index (χ0) is 18.9. The predicted octanol–water partition coefficient (Wildman–Crippen LogP) is 5.26. The number of aldehydes is 1. The lowest BCUT2D eigenvalue weighted by Crippen LogP contribution is -2.19. The molecule has 1 aliphatic rings. The SMILES string of the molecule is CC1=C(/C=C/C(C)=C/C=C/C(C)=C/C(=O)OCC=O)C(C)(C)CCC1. The summed E-state index contributed by atoms with van der Waals surface area (Å²) in [5, 5.41) is 0. The van der Waals surface area contributed by atoms with Crippen molar-refractivity contribution in [1.82, 2.24) is 0 Å². The van der Waals surface area contributed by atoms with Gasteiger partial charge in [0, 0.05) is 6.08 Å². The molecular weight excluding hydrogens is 312 g/mol. The number of hydrogen-bond acceptors (Lipinski definition) is 3. The molecular formula is C22H30O3. The molecule has 0 bridgehead atoms. The second kappa shape index (κ2) is 9.97. The van der Waals surface area contributed by atoms with Gasteiger partial charge < -0.3 is 4.74 Å². The molecule has 0 saturated carbocycles. The van der Waals surface area contributed by atoms with Crippen LogP contribution in [-0.4, -0.2) is 18.9 Å². The normalized spacial score (nSPS) is 18.9. The van der Waals surface area contributed by atoms with E-state index in [0.717, 1.165) is 11.1 Å². The maximum atomic E-state index is 11.4. The van der Waals surface area contributed by atoms with Crippen LogP contribution in [0.4, 0.5) is 0 Å². The predicted molar refractivity (Wildman–Crippen MR) is 103 cm³/mol. The second-order valence-corrected chi connectivity index (χ2v) is 7.22. The molecule has 0 aromatic carbocycles. The average molecular weight is 342 g/mol. The van der Waals surface area contributed by atoms with E-state index in [9.17, 15) is 9.59 Å². The lowest BCUT2D eigenvalue weighted by molar-refractivity contribution is -0.140. The molecule has 0 amide bonds. The Bertz CT molecular complexity index is 640. The van der Waals surface area contributed by atoms with Gasteiger partial charge in [0.2, 0.25) is 0 Å². The minimum absolute atomic E-state index is 0.207. The molecule has 0 aromatic rings. The number of rotatable bonds is 7. The zero-order valence-corrected chi connectivity index (χ0v) is 16.1. The molecule has 0 radical (unpaired) electrons. The lowest BCUT2D eigenvalue weighted by atomic mass is 9.72. The summed E-state index contributed by atoms with van der Waals surface area (Å²) in [7, 11) is 0. The van der Waals surface area contributed by atoms with Gasteiger partial charge in [0.1, 0.15) is 6.61 Å². The van der Waals surface area contributed by atoms with E-state index in [1.807, 2.05) is 25.2 Å². The fourth-order valence-electron chi connectivity index (χ4n) is 3.02. The Morgan fingerprint density at radius 2 is 1.92 bits per heavy atom. The van der Waals surface area contributed by atoms with E-state index in [0.29, 0.717) is 6.29 Å². The van der Waals surface area contributed by atoms with Crippen molar-refractivity contribution in [3.8, 4) is 0 Å². The summed E-state index contributed by atoms with van der Waals surface area (Å²) in [6, 6.07) is 0. The summed E-state index contributed by atoms with van der Waals surface area (Å²) in [6.07, 6.45) is 15.8. The molecule has 25 heavy (non-hydrogen) atoms. The van der Waals surface area contributed by atoms with Crippen molar-refractivity contribution in [2.75, 3.05) is 6.61 Å². The fourth-order valence-corrected chi connectivity index (χ4v) is 3.02. The lowest BCUT2D eigenvalue weighted by Gasteiger charge is -2.32. The topological polar surface area (TPSA) is 43.4 Å². The first-order chi connectivity index (χ1) is 11.8. The molecule has 0 N–H and O–H groups in total. The van der Waals surface area contributed by atoms with Gasteiger partial charge in [0.15, 0.2) is 6.29 Å². The highest BCUT2D eigenvalue weighted by Crippen LogP contribution is 2.40. The summed E-state index contributed by atoms with van der Waals surface area (Å²) >= 11 is 0. The number of carbonyl (C=O) groups is 2. The Balaban J connectivity index is 2.71. The number of esters is 1. The molecule has 0 spiro atoms. The van der Waals surface area contributed by atoms with Crippen LogP contribution >= 0.6 is 0 Å². The van der Waals surface area contributed by atoms with Crippen molar-refractivity contribution in [1.29, 1.82) is 0 Å². The Morgan fingerprint density at radius 1 is 1.20 bits per heavy atom. The van der Waals surface area contributed by atoms with Gasteiger partial charge in [-0.05, 0) is 56.6 Å². The van der Waals surface area contributed by atoms with Crippen LogP contribution in [0.5, 0.6) is 0 Å². The van der Waals surface area contributed by atoms with E-state index in [-0.39, 0.29) is 12.0 Å². The van der Waals surface area contributed by atoms with Gasteiger partial charge in [0.05, 0.1) is 0 Å². The van der Waals surface area contributed by atoms with E-state index in [2.05, 4.69) is 44.6 Å². The molecule has 3 heteroatoms. The van der Waals surface area contributed by atoms with Crippen LogP contribution in [0, 0.1) is 5.41 Å². The van der Waals surface area contributed by atoms with Crippen molar-refractivity contribution in [2.24, 2.45) is 5.41 Å². The third-order valence-corrected chi connectivity index (χ3v) is 4.41. The summed E-state index contributed by atoms with van der Waals surface area (Å²) in [5.74, 6) is -0.503. The van der Waals surface area contributed by atoms with Crippen LogP contribution in [0.3, 0.4) is 0 Å². The quantitative estimate of drug-likeness (QED) is 0.274. The maximum absolute atomic E-state index is 11.4. The van der Waals surface area contributed by atoms with Gasteiger partial charge in [-0.15, -0.1) is 0 Å². The van der Waals surface area contributed by atoms with Crippen molar-refractivity contribution in [2.45, 2.75) is 53.9 Å². The summed E-state index contributed by atoms with van der Waals surface area (Å²) in [5.41, 5.74) is 5.11. The molecule has 0 unspecified atom stereocenters. The Kier molecular flexibility index (Phi) is 8.33. The van der Waals surface area contributed by atoms with Crippen molar-refractivity contribution in [3.05, 3.63) is 58.7 Å². The molecule has 1 aliphatic carbocycles. The Hall–Kier alpha value is -2.16. The highest BCUT2D eigenvalue weighted by atomic mass is 16.5. The van der Waals surface area contributed by atoms with E-state index in [4.69, 9.17) is 0 Å². The first kappa shape index (κ1) is 20.9. The van der Waals surface area contributed by atoms with Crippen LogP contribution in [0.1, 0.15) is 53.9 Å². The molecule has 0 fully saturated rings. The van der Waals surface area contributed by atoms with Crippen LogP contribution in [0.15, 0.2) is 58.7 Å². The number of allylic oxidation sites excluding steroid dienone is 9. The first-order valence-electron chi connectivity index (χ1n) is 8.78. The highest BCUT2D eigenvalue weighted by molar-refractivity contribution is 5.84. The van der Waals surface area contributed by atoms with Crippen LogP contribution < -0.4 is 0 Å². The van der Waals surface area contributed by atoms with Gasteiger partial charge in [-0.3, -0.25) is 4.79 Å². The van der Waals surface area contributed by atoms with Gasteiger partial charge in [-0.2, -0.15) is 0 Å². The molecule has 0 aliphatic heterocycles. The van der Waals surface area contributed by atoms with Gasteiger partial charge in [-0.1, -0.05) is 55.4 Å². The number of carbonyl (C=O) groups excluding carboxylic acids is 2. The van der Waals surface area contributed by atoms with Crippen molar-refractivity contribution in [3.63, 3.8) is 0 Å². The van der Waals surface area contributed by atoms with Crippen molar-refractivity contribution >= 4 is 12.3 Å². The minimum atomic E-state index is -0.503. The fraction of sp³-hybridized carbons (Fsp3) is 0.455. The number of ether oxygens (including phenoxy) is 1. The maximum Gasteiger partial charge on any atom is 0.331 e. The van der Waals surface area contributed by atoms with Crippen LogP contribution in [0.2, 0.25) is 0 Å². The molecule has 1 rings (SSSR count). The van der Waals surface area contributed by atoms with Gasteiger partial charge in [-0.25, -0.2) is 4.79 Å². The molecule has 0 aromatic heterocycles. The monoisotopic (exact) mass is 342 g/mol. The molecule has 0 atom stereocenters. The van der Waals surface area contributed by atoms with E-state index >= 15 is 0 Å². The average Bonchev–Trinajstić information content (AvgIpc) is 2.51. The Labute approximate surface area is 151 Å². The summed E-state index contributed by atoms with van der Waals surface area (Å²) < 4.78 is 4.68. The minimum Gasteiger partial charge on any atom is -0.455 e.